The standard InChI is InChI=1S/C11H23NO2/c1-3-11(4-2)9-12(10-11)5-7-14-8-6-13/h13H,3-10H2,1-2H3. The Hall–Kier alpha value is -0.120. The number of likely N-dealkylation sites (tertiary alicyclic amines) is 1. The predicted molar refractivity (Wildman–Crippen MR) is 57.4 cm³/mol. The average molecular weight is 201 g/mol. The van der Waals surface area contributed by atoms with Gasteiger partial charge < -0.3 is 9.84 Å². The molecule has 1 fully saturated rings. The van der Waals surface area contributed by atoms with Gasteiger partial charge in [0.05, 0.1) is 19.8 Å². The fourth-order valence-corrected chi connectivity index (χ4v) is 2.12. The molecule has 1 rings (SSSR count). The zero-order valence-corrected chi connectivity index (χ0v) is 9.46. The molecule has 1 aliphatic rings. The second-order valence-electron chi connectivity index (χ2n) is 4.25. The zero-order valence-electron chi connectivity index (χ0n) is 9.46. The first-order chi connectivity index (χ1) is 6.76. The summed E-state index contributed by atoms with van der Waals surface area (Å²) in [5, 5.41) is 8.52. The van der Waals surface area contributed by atoms with Crippen LogP contribution in [0, 0.1) is 5.41 Å². The molecule has 14 heavy (non-hydrogen) atoms. The summed E-state index contributed by atoms with van der Waals surface area (Å²) in [4.78, 5) is 2.43. The maximum absolute atomic E-state index is 8.52. The zero-order chi connectivity index (χ0) is 10.4. The normalized spacial score (nSPS) is 20.8. The molecule has 0 aromatic heterocycles. The van der Waals surface area contributed by atoms with Gasteiger partial charge in [0.25, 0.3) is 0 Å². The van der Waals surface area contributed by atoms with Crippen LogP contribution in [0.5, 0.6) is 0 Å². The third-order valence-corrected chi connectivity index (χ3v) is 3.41. The van der Waals surface area contributed by atoms with E-state index in [4.69, 9.17) is 9.84 Å². The molecule has 84 valence electrons. The monoisotopic (exact) mass is 201 g/mol. The summed E-state index contributed by atoms with van der Waals surface area (Å²) in [6, 6.07) is 0. The van der Waals surface area contributed by atoms with Gasteiger partial charge in [-0.2, -0.15) is 0 Å². The van der Waals surface area contributed by atoms with Crippen LogP contribution in [0.4, 0.5) is 0 Å². The van der Waals surface area contributed by atoms with Gasteiger partial charge >= 0.3 is 0 Å². The van der Waals surface area contributed by atoms with E-state index in [2.05, 4.69) is 18.7 Å². The molecule has 0 saturated carbocycles. The minimum Gasteiger partial charge on any atom is -0.394 e. The first-order valence-electron chi connectivity index (χ1n) is 5.67. The van der Waals surface area contributed by atoms with E-state index >= 15 is 0 Å². The van der Waals surface area contributed by atoms with Crippen molar-refractivity contribution in [2.45, 2.75) is 26.7 Å². The minimum absolute atomic E-state index is 0.133. The number of aliphatic hydroxyl groups is 1. The lowest BCUT2D eigenvalue weighted by atomic mass is 9.75. The molecule has 0 spiro atoms. The molecule has 0 aromatic carbocycles. The van der Waals surface area contributed by atoms with Crippen LogP contribution in [0.15, 0.2) is 0 Å². The Morgan fingerprint density at radius 3 is 2.36 bits per heavy atom. The van der Waals surface area contributed by atoms with E-state index in [0.717, 1.165) is 13.2 Å². The van der Waals surface area contributed by atoms with Gasteiger partial charge in [0.15, 0.2) is 0 Å². The van der Waals surface area contributed by atoms with Gasteiger partial charge in [0.1, 0.15) is 0 Å². The Kier molecular flexibility index (Phi) is 4.85. The maximum atomic E-state index is 8.52. The molecule has 0 radical (unpaired) electrons. The molecule has 1 N–H and O–H groups in total. The minimum atomic E-state index is 0.133. The third kappa shape index (κ3) is 2.94. The lowest BCUT2D eigenvalue weighted by Crippen LogP contribution is -2.56. The van der Waals surface area contributed by atoms with Crippen molar-refractivity contribution in [3.05, 3.63) is 0 Å². The highest BCUT2D eigenvalue weighted by molar-refractivity contribution is 4.92. The Balaban J connectivity index is 2.03. The lowest BCUT2D eigenvalue weighted by molar-refractivity contribution is -0.0268. The molecule has 0 atom stereocenters. The summed E-state index contributed by atoms with van der Waals surface area (Å²) in [5.74, 6) is 0. The highest BCUT2D eigenvalue weighted by Gasteiger charge is 2.38. The molecule has 3 nitrogen and oxygen atoms in total. The van der Waals surface area contributed by atoms with Crippen LogP contribution in [-0.4, -0.2) is 49.5 Å². The Morgan fingerprint density at radius 1 is 1.21 bits per heavy atom. The fourth-order valence-electron chi connectivity index (χ4n) is 2.12. The van der Waals surface area contributed by atoms with Crippen molar-refractivity contribution < 1.29 is 9.84 Å². The van der Waals surface area contributed by atoms with Gasteiger partial charge in [-0.15, -0.1) is 0 Å². The van der Waals surface area contributed by atoms with E-state index < -0.39 is 0 Å². The molecule has 0 aliphatic carbocycles. The van der Waals surface area contributed by atoms with E-state index in [-0.39, 0.29) is 6.61 Å². The first kappa shape index (κ1) is 12.0. The fraction of sp³-hybridized carbons (Fsp3) is 1.00. The van der Waals surface area contributed by atoms with Gasteiger partial charge in [-0.1, -0.05) is 13.8 Å². The second-order valence-corrected chi connectivity index (χ2v) is 4.25. The molecular formula is C11H23NO2. The van der Waals surface area contributed by atoms with Crippen LogP contribution in [0.3, 0.4) is 0 Å². The molecule has 0 amide bonds. The van der Waals surface area contributed by atoms with Crippen molar-refractivity contribution in [1.82, 2.24) is 4.90 Å². The number of ether oxygens (including phenoxy) is 1. The van der Waals surface area contributed by atoms with Crippen molar-refractivity contribution in [3.63, 3.8) is 0 Å². The highest BCUT2D eigenvalue weighted by atomic mass is 16.5. The van der Waals surface area contributed by atoms with Gasteiger partial charge in [-0.25, -0.2) is 0 Å². The molecule has 1 aliphatic heterocycles. The van der Waals surface area contributed by atoms with Crippen LogP contribution in [-0.2, 0) is 4.74 Å². The van der Waals surface area contributed by atoms with E-state index in [0.29, 0.717) is 12.0 Å². The lowest BCUT2D eigenvalue weighted by Gasteiger charge is -2.50. The number of hydrogen-bond acceptors (Lipinski definition) is 3. The second kappa shape index (κ2) is 5.69. The maximum Gasteiger partial charge on any atom is 0.0698 e. The van der Waals surface area contributed by atoms with E-state index in [1.54, 1.807) is 0 Å². The van der Waals surface area contributed by atoms with Crippen LogP contribution >= 0.6 is 0 Å². The van der Waals surface area contributed by atoms with Crippen molar-refractivity contribution in [3.8, 4) is 0 Å². The molecule has 3 heteroatoms. The van der Waals surface area contributed by atoms with Crippen LogP contribution in [0.25, 0.3) is 0 Å². The number of rotatable bonds is 7. The summed E-state index contributed by atoms with van der Waals surface area (Å²) in [6.07, 6.45) is 2.58. The van der Waals surface area contributed by atoms with Crippen molar-refractivity contribution in [2.24, 2.45) is 5.41 Å². The van der Waals surface area contributed by atoms with Crippen LogP contribution < -0.4 is 0 Å². The van der Waals surface area contributed by atoms with E-state index in [9.17, 15) is 0 Å². The smallest absolute Gasteiger partial charge is 0.0698 e. The number of hydrogen-bond donors (Lipinski definition) is 1. The molecule has 1 saturated heterocycles. The van der Waals surface area contributed by atoms with Crippen LogP contribution in [0.2, 0.25) is 0 Å². The molecular weight excluding hydrogens is 178 g/mol. The molecule has 1 heterocycles. The van der Waals surface area contributed by atoms with Gasteiger partial charge in [-0.05, 0) is 18.3 Å². The largest absolute Gasteiger partial charge is 0.394 e. The highest BCUT2D eigenvalue weighted by Crippen LogP contribution is 2.36. The number of aliphatic hydroxyl groups excluding tert-OH is 1. The van der Waals surface area contributed by atoms with Crippen molar-refractivity contribution in [1.29, 1.82) is 0 Å². The van der Waals surface area contributed by atoms with E-state index in [1.165, 1.54) is 25.9 Å². The average Bonchev–Trinajstić information content (AvgIpc) is 2.16. The summed E-state index contributed by atoms with van der Waals surface area (Å²) in [5.41, 5.74) is 0.594. The summed E-state index contributed by atoms with van der Waals surface area (Å²) in [6.45, 7) is 9.39. The predicted octanol–water partition coefficient (Wildman–Crippen LogP) is 1.12. The number of nitrogens with zero attached hydrogens (tertiary/aromatic N) is 1. The quantitative estimate of drug-likeness (QED) is 0.626. The van der Waals surface area contributed by atoms with Gasteiger partial charge in [0, 0.05) is 19.6 Å². The van der Waals surface area contributed by atoms with Crippen LogP contribution in [0.1, 0.15) is 26.7 Å². The van der Waals surface area contributed by atoms with Gasteiger partial charge in [0.2, 0.25) is 0 Å². The molecule has 0 aromatic rings. The topological polar surface area (TPSA) is 32.7 Å². The Morgan fingerprint density at radius 2 is 1.86 bits per heavy atom. The van der Waals surface area contributed by atoms with Crippen molar-refractivity contribution in [2.75, 3.05) is 39.5 Å². The summed E-state index contributed by atoms with van der Waals surface area (Å²) in [7, 11) is 0. The third-order valence-electron chi connectivity index (χ3n) is 3.41. The summed E-state index contributed by atoms with van der Waals surface area (Å²) >= 11 is 0. The Labute approximate surface area is 87.1 Å². The molecule has 0 bridgehead atoms. The van der Waals surface area contributed by atoms with E-state index in [1.807, 2.05) is 0 Å². The van der Waals surface area contributed by atoms with Crippen molar-refractivity contribution >= 4 is 0 Å². The SMILES string of the molecule is CCC1(CC)CN(CCOCCO)C1. The first-order valence-corrected chi connectivity index (χ1v) is 5.67. The Bertz CT molecular complexity index is 149. The summed E-state index contributed by atoms with van der Waals surface area (Å²) < 4.78 is 5.23. The molecule has 0 unspecified atom stereocenters. The van der Waals surface area contributed by atoms with Gasteiger partial charge in [-0.3, -0.25) is 4.90 Å².